The minimum atomic E-state index is -4.69. The first kappa shape index (κ1) is 31.2. The summed E-state index contributed by atoms with van der Waals surface area (Å²) in [5.74, 6) is -3.55. The molecule has 3 atom stereocenters. The number of carbonyl (C=O) groups is 3. The number of para-hydroxylation sites is 1. The Morgan fingerprint density at radius 1 is 0.978 bits per heavy atom. The summed E-state index contributed by atoms with van der Waals surface area (Å²) < 4.78 is 47.4. The van der Waals surface area contributed by atoms with Crippen LogP contribution in [0.5, 0.6) is 5.75 Å². The molecule has 8 nitrogen and oxygen atoms in total. The average molecular weight is 695 g/mol. The van der Waals surface area contributed by atoms with Crippen LogP contribution in [0.4, 0.5) is 24.5 Å². The fraction of sp³-hybridized carbons (Fsp3) is 0.200. The number of ether oxygens (including phenoxy) is 1. The van der Waals surface area contributed by atoms with Crippen molar-refractivity contribution in [2.75, 3.05) is 17.3 Å². The van der Waals surface area contributed by atoms with E-state index >= 15 is 0 Å². The van der Waals surface area contributed by atoms with Gasteiger partial charge in [0.15, 0.2) is 0 Å². The number of imide groups is 1. The molecular formula is C30H20Cl2F3N3O5S2. The fourth-order valence-corrected chi connectivity index (χ4v) is 8.57. The summed E-state index contributed by atoms with van der Waals surface area (Å²) in [6.07, 6.45) is -4.69. The van der Waals surface area contributed by atoms with Crippen LogP contribution in [0.15, 0.2) is 76.6 Å². The Morgan fingerprint density at radius 2 is 1.73 bits per heavy atom. The van der Waals surface area contributed by atoms with E-state index in [1.54, 1.807) is 30.3 Å². The average Bonchev–Trinajstić information content (AvgIpc) is 3.44. The number of methoxy groups -OCH3 is 1. The Morgan fingerprint density at radius 3 is 2.44 bits per heavy atom. The first-order valence-electron chi connectivity index (χ1n) is 13.2. The van der Waals surface area contributed by atoms with E-state index in [0.717, 1.165) is 46.2 Å². The van der Waals surface area contributed by atoms with Crippen LogP contribution in [-0.4, -0.2) is 34.6 Å². The molecule has 2 unspecified atom stereocenters. The third-order valence-corrected chi connectivity index (χ3v) is 10.8. The molecule has 2 aliphatic heterocycles. The number of hydrogen-bond acceptors (Lipinski definition) is 7. The SMILES string of the molecule is COc1ccccc1[C@H]1c2sc(=O)n(CC(=O)Nc3ccc(Cl)c(Cl)c3)c2SC2C(=O)N(c3cccc(C(F)(F)F)c3)C(=O)C21. The van der Waals surface area contributed by atoms with Crippen molar-refractivity contribution in [3.8, 4) is 5.75 Å². The number of hydrogen-bond donors (Lipinski definition) is 1. The van der Waals surface area contributed by atoms with Gasteiger partial charge < -0.3 is 10.1 Å². The summed E-state index contributed by atoms with van der Waals surface area (Å²) in [5, 5.41) is 2.38. The quantitative estimate of drug-likeness (QED) is 0.227. The minimum Gasteiger partial charge on any atom is -0.496 e. The second-order valence-corrected chi connectivity index (χ2v) is 13.1. The van der Waals surface area contributed by atoms with Crippen molar-refractivity contribution in [1.82, 2.24) is 4.57 Å². The van der Waals surface area contributed by atoms with E-state index in [0.29, 0.717) is 31.9 Å². The first-order valence-corrected chi connectivity index (χ1v) is 15.7. The number of thioether (sulfide) groups is 1. The molecule has 45 heavy (non-hydrogen) atoms. The van der Waals surface area contributed by atoms with E-state index in [9.17, 15) is 32.3 Å². The first-order chi connectivity index (χ1) is 21.4. The minimum absolute atomic E-state index is 0.213. The van der Waals surface area contributed by atoms with Gasteiger partial charge in [-0.15, -0.1) is 0 Å². The predicted molar refractivity (Wildman–Crippen MR) is 166 cm³/mol. The van der Waals surface area contributed by atoms with Crippen LogP contribution in [0.3, 0.4) is 0 Å². The lowest BCUT2D eigenvalue weighted by molar-refractivity contribution is -0.137. The van der Waals surface area contributed by atoms with Crippen molar-refractivity contribution in [3.63, 3.8) is 0 Å². The summed E-state index contributed by atoms with van der Waals surface area (Å²) in [5.41, 5.74) is -0.364. The zero-order valence-corrected chi connectivity index (χ0v) is 26.1. The third kappa shape index (κ3) is 5.62. The molecule has 4 aromatic rings. The number of benzene rings is 3. The van der Waals surface area contributed by atoms with Gasteiger partial charge in [-0.1, -0.05) is 70.6 Å². The van der Waals surface area contributed by atoms with Gasteiger partial charge in [0.2, 0.25) is 17.7 Å². The molecule has 0 aliphatic carbocycles. The maximum atomic E-state index is 14.0. The molecule has 1 N–H and O–H groups in total. The van der Waals surface area contributed by atoms with Crippen molar-refractivity contribution in [2.24, 2.45) is 5.92 Å². The maximum Gasteiger partial charge on any atom is 0.416 e. The normalized spacial score (nSPS) is 19.3. The largest absolute Gasteiger partial charge is 0.496 e. The van der Waals surface area contributed by atoms with Crippen LogP contribution < -0.4 is 19.8 Å². The third-order valence-electron chi connectivity index (χ3n) is 7.46. The standard InChI is InChI=1S/C30H20Cl2F3N3O5S2/c1-43-20-8-3-2-7-17(20)22-23-24(27(41)38(26(23)40)16-6-4-5-14(11-16)30(33,34)35)44-28-25(22)45-29(42)37(28)13-21(39)36-15-9-10-18(31)19(32)12-15/h2-12,22-24H,13H2,1H3,(H,36,39)/t22-,23?,24?/m1/s1. The number of alkyl halides is 3. The number of thiazole rings is 1. The van der Waals surface area contributed by atoms with Gasteiger partial charge in [-0.2, -0.15) is 13.2 Å². The topological polar surface area (TPSA) is 97.7 Å². The molecule has 6 rings (SSSR count). The van der Waals surface area contributed by atoms with Crippen LogP contribution in [0, 0.1) is 5.92 Å². The molecule has 3 aromatic carbocycles. The lowest BCUT2D eigenvalue weighted by atomic mass is 9.82. The van der Waals surface area contributed by atoms with Crippen molar-refractivity contribution < 1.29 is 32.3 Å². The van der Waals surface area contributed by atoms with E-state index in [-0.39, 0.29) is 10.7 Å². The molecule has 2 aliphatic rings. The van der Waals surface area contributed by atoms with Gasteiger partial charge in [0.05, 0.1) is 39.3 Å². The predicted octanol–water partition coefficient (Wildman–Crippen LogP) is 6.68. The van der Waals surface area contributed by atoms with Crippen LogP contribution in [0.25, 0.3) is 0 Å². The highest BCUT2D eigenvalue weighted by atomic mass is 35.5. The van der Waals surface area contributed by atoms with Gasteiger partial charge in [-0.3, -0.25) is 23.7 Å². The second-order valence-electron chi connectivity index (χ2n) is 10.1. The molecule has 232 valence electrons. The molecule has 0 bridgehead atoms. The number of rotatable bonds is 6. The second kappa shape index (κ2) is 11.9. The molecular weight excluding hydrogens is 674 g/mol. The van der Waals surface area contributed by atoms with E-state index < -0.39 is 58.0 Å². The number of anilines is 2. The Hall–Kier alpha value is -3.78. The van der Waals surface area contributed by atoms with Crippen molar-refractivity contribution >= 4 is 75.4 Å². The number of aromatic nitrogens is 1. The van der Waals surface area contributed by atoms with Crippen molar-refractivity contribution in [1.29, 1.82) is 0 Å². The highest BCUT2D eigenvalue weighted by Crippen LogP contribution is 2.55. The van der Waals surface area contributed by atoms with Crippen LogP contribution in [-0.2, 0) is 27.1 Å². The highest BCUT2D eigenvalue weighted by Gasteiger charge is 2.57. The number of nitrogens with zero attached hydrogens (tertiary/aromatic N) is 2. The number of amides is 3. The van der Waals surface area contributed by atoms with Crippen molar-refractivity contribution in [2.45, 2.75) is 28.9 Å². The lowest BCUT2D eigenvalue weighted by Crippen LogP contribution is -2.33. The molecule has 1 aromatic heterocycles. The summed E-state index contributed by atoms with van der Waals surface area (Å²) >= 11 is 13.8. The maximum absolute atomic E-state index is 14.0. The van der Waals surface area contributed by atoms with Crippen LogP contribution >= 0.6 is 46.3 Å². The molecule has 3 heterocycles. The lowest BCUT2D eigenvalue weighted by Gasteiger charge is -2.31. The Kier molecular flexibility index (Phi) is 8.23. The van der Waals surface area contributed by atoms with Gasteiger partial charge in [-0.05, 0) is 42.5 Å². The molecule has 1 fully saturated rings. The Balaban J connectivity index is 1.42. The number of fused-ring (bicyclic) bond motifs is 2. The zero-order chi connectivity index (χ0) is 32.2. The molecule has 0 radical (unpaired) electrons. The zero-order valence-electron chi connectivity index (χ0n) is 22.9. The van der Waals surface area contributed by atoms with Gasteiger partial charge in [0, 0.05) is 22.0 Å². The number of halogens is 5. The van der Waals surface area contributed by atoms with E-state index in [1.807, 2.05) is 0 Å². The molecule has 0 spiro atoms. The molecule has 3 amide bonds. The summed E-state index contributed by atoms with van der Waals surface area (Å²) in [6, 6.07) is 15.3. The summed E-state index contributed by atoms with van der Waals surface area (Å²) in [7, 11) is 1.44. The highest BCUT2D eigenvalue weighted by molar-refractivity contribution is 8.00. The van der Waals surface area contributed by atoms with E-state index in [4.69, 9.17) is 27.9 Å². The molecule has 0 saturated carbocycles. The van der Waals surface area contributed by atoms with E-state index in [2.05, 4.69) is 5.32 Å². The van der Waals surface area contributed by atoms with Crippen LogP contribution in [0.1, 0.15) is 21.9 Å². The monoisotopic (exact) mass is 693 g/mol. The fourth-order valence-electron chi connectivity index (χ4n) is 5.51. The smallest absolute Gasteiger partial charge is 0.416 e. The Bertz CT molecular complexity index is 1930. The number of carbonyl (C=O) groups excluding carboxylic acids is 3. The molecule has 1 saturated heterocycles. The van der Waals surface area contributed by atoms with Crippen LogP contribution in [0.2, 0.25) is 10.0 Å². The molecule has 15 heteroatoms. The van der Waals surface area contributed by atoms with Gasteiger partial charge in [0.25, 0.3) is 0 Å². The summed E-state index contributed by atoms with van der Waals surface area (Å²) in [4.78, 5) is 55.1. The van der Waals surface area contributed by atoms with Gasteiger partial charge in [0.1, 0.15) is 17.5 Å². The van der Waals surface area contributed by atoms with Crippen molar-refractivity contribution in [3.05, 3.63) is 102 Å². The van der Waals surface area contributed by atoms with Gasteiger partial charge >= 0.3 is 11.0 Å². The number of nitrogens with one attached hydrogen (secondary N) is 1. The Labute approximate surface area is 271 Å². The summed E-state index contributed by atoms with van der Waals surface area (Å²) in [6.45, 7) is -0.423. The van der Waals surface area contributed by atoms with E-state index in [1.165, 1.54) is 29.9 Å². The van der Waals surface area contributed by atoms with Gasteiger partial charge in [-0.25, -0.2) is 4.90 Å².